The molecule has 0 spiro atoms. The Bertz CT molecular complexity index is 739. The van der Waals surface area contributed by atoms with Crippen LogP contribution in [0.3, 0.4) is 0 Å². The second-order valence-corrected chi connectivity index (χ2v) is 7.41. The largest absolute Gasteiger partial charge is 0.463 e. The highest BCUT2D eigenvalue weighted by Crippen LogP contribution is 2.20. The van der Waals surface area contributed by atoms with E-state index < -0.39 is 23.9 Å². The Balaban J connectivity index is 1.92. The summed E-state index contributed by atoms with van der Waals surface area (Å²) >= 11 is 0. The third-order valence-electron chi connectivity index (χ3n) is 5.08. The third-order valence-corrected chi connectivity index (χ3v) is 5.08. The number of likely N-dealkylation sites (N-methyl/N-ethyl adjacent to an activating group) is 2. The number of amides is 3. The standard InChI is InChI=1S/C18H28N5O5/c1-6-27-14(24)10-23-13(9-22-7-11(2)28-12(3)8-22)19-16-15(23)17(25)21(5)18(26)20(16)4/h11-12,15H,6-10H2,1-5H3/q+1. The van der Waals surface area contributed by atoms with Gasteiger partial charge in [0.15, 0.2) is 6.54 Å². The molecule has 3 amide bonds. The van der Waals surface area contributed by atoms with E-state index in [1.54, 1.807) is 18.5 Å². The first-order valence-corrected chi connectivity index (χ1v) is 9.52. The normalized spacial score (nSPS) is 28.6. The van der Waals surface area contributed by atoms with Gasteiger partial charge in [0, 0.05) is 27.2 Å². The molecule has 0 aliphatic carbocycles. The van der Waals surface area contributed by atoms with E-state index in [2.05, 4.69) is 9.89 Å². The van der Waals surface area contributed by atoms with E-state index in [1.807, 2.05) is 13.8 Å². The number of imide groups is 1. The second-order valence-electron chi connectivity index (χ2n) is 7.41. The Kier molecular flexibility index (Phi) is 5.80. The fourth-order valence-corrected chi connectivity index (χ4v) is 3.92. The van der Waals surface area contributed by atoms with Crippen molar-refractivity contribution in [3.8, 4) is 0 Å². The van der Waals surface area contributed by atoms with Crippen molar-refractivity contribution < 1.29 is 28.4 Å². The third kappa shape index (κ3) is 3.79. The summed E-state index contributed by atoms with van der Waals surface area (Å²) in [5, 5.41) is 0. The number of rotatable bonds is 5. The number of carbonyl (C=O) groups is 3. The number of esters is 1. The van der Waals surface area contributed by atoms with Crippen LogP contribution in [0.25, 0.3) is 0 Å². The fourth-order valence-electron chi connectivity index (χ4n) is 3.92. The Morgan fingerprint density at radius 1 is 1.21 bits per heavy atom. The van der Waals surface area contributed by atoms with Crippen LogP contribution in [0.15, 0.2) is 4.99 Å². The average Bonchev–Trinajstić information content (AvgIpc) is 2.95. The van der Waals surface area contributed by atoms with Gasteiger partial charge in [0.1, 0.15) is 6.54 Å². The van der Waals surface area contributed by atoms with Gasteiger partial charge in [-0.2, -0.15) is 0 Å². The minimum absolute atomic E-state index is 0.0798. The second kappa shape index (κ2) is 7.96. The fraction of sp³-hybridized carbons (Fsp3) is 0.722. The molecule has 3 unspecified atom stereocenters. The van der Waals surface area contributed by atoms with Gasteiger partial charge in [-0.25, -0.2) is 14.2 Å². The molecule has 154 valence electrons. The number of hydrogen-bond donors (Lipinski definition) is 0. The van der Waals surface area contributed by atoms with E-state index in [4.69, 9.17) is 9.47 Å². The van der Waals surface area contributed by atoms with Crippen LogP contribution in [0.1, 0.15) is 20.8 Å². The molecule has 0 aromatic heterocycles. The van der Waals surface area contributed by atoms with Crippen molar-refractivity contribution >= 4 is 29.6 Å². The lowest BCUT2D eigenvalue weighted by atomic mass is 10.1. The maximum atomic E-state index is 12.8. The molecule has 3 aliphatic heterocycles. The number of carbonyl (C=O) groups excluding carboxylic acids is 3. The van der Waals surface area contributed by atoms with Crippen molar-refractivity contribution in [2.45, 2.75) is 39.0 Å². The zero-order chi connectivity index (χ0) is 20.6. The van der Waals surface area contributed by atoms with E-state index in [1.165, 1.54) is 11.9 Å². The van der Waals surface area contributed by atoms with Gasteiger partial charge in [0.2, 0.25) is 0 Å². The summed E-state index contributed by atoms with van der Waals surface area (Å²) in [6, 6.07) is -1.24. The number of hydrogen-bond acceptors (Lipinski definition) is 7. The van der Waals surface area contributed by atoms with Crippen LogP contribution in [-0.2, 0) is 19.1 Å². The summed E-state index contributed by atoms with van der Waals surface area (Å²) in [5.74, 6) is 0.0967. The highest BCUT2D eigenvalue weighted by molar-refractivity contribution is 6.23. The summed E-state index contributed by atoms with van der Waals surface area (Å²) in [5.41, 5.74) is 0. The average molecular weight is 394 g/mol. The van der Waals surface area contributed by atoms with Gasteiger partial charge < -0.3 is 9.47 Å². The first-order chi connectivity index (χ1) is 13.2. The molecule has 28 heavy (non-hydrogen) atoms. The number of aliphatic imine (C=N–C) groups is 1. The molecule has 3 heterocycles. The van der Waals surface area contributed by atoms with Crippen LogP contribution in [0.2, 0.25) is 0 Å². The predicted molar refractivity (Wildman–Crippen MR) is 100 cm³/mol. The van der Waals surface area contributed by atoms with E-state index in [0.29, 0.717) is 18.2 Å². The Labute approximate surface area is 164 Å². The summed E-state index contributed by atoms with van der Waals surface area (Å²) < 4.78 is 12.5. The van der Waals surface area contributed by atoms with Gasteiger partial charge in [0.25, 0.3) is 17.8 Å². The lowest BCUT2D eigenvalue weighted by Gasteiger charge is -2.34. The van der Waals surface area contributed by atoms with Gasteiger partial charge in [-0.05, 0) is 25.8 Å². The molecule has 3 atom stereocenters. The molecule has 3 aliphatic rings. The molecule has 0 bridgehead atoms. The minimum Gasteiger partial charge on any atom is -0.463 e. The van der Waals surface area contributed by atoms with Crippen LogP contribution >= 0.6 is 0 Å². The lowest BCUT2D eigenvalue weighted by Crippen LogP contribution is -2.62. The molecule has 0 N–H and O–H groups in total. The molecule has 2 fully saturated rings. The van der Waals surface area contributed by atoms with Crippen molar-refractivity contribution in [2.24, 2.45) is 4.99 Å². The number of amidine groups is 2. The first kappa shape index (κ1) is 20.4. The smallest absolute Gasteiger partial charge is 0.348 e. The monoisotopic (exact) mass is 394 g/mol. The lowest BCUT2D eigenvalue weighted by molar-refractivity contribution is -0.527. The van der Waals surface area contributed by atoms with Gasteiger partial charge >= 0.3 is 17.8 Å². The van der Waals surface area contributed by atoms with Crippen LogP contribution in [-0.4, -0.2) is 114 Å². The van der Waals surface area contributed by atoms with Crippen LogP contribution in [0.4, 0.5) is 4.79 Å². The van der Waals surface area contributed by atoms with Crippen LogP contribution in [0.5, 0.6) is 0 Å². The molecule has 0 radical (unpaired) electrons. The van der Waals surface area contributed by atoms with Gasteiger partial charge in [-0.3, -0.25) is 19.5 Å². The number of nitrogens with zero attached hydrogens (tertiary/aromatic N) is 5. The minimum atomic E-state index is -0.803. The first-order valence-electron chi connectivity index (χ1n) is 9.52. The molecule has 0 aromatic rings. The van der Waals surface area contributed by atoms with Crippen molar-refractivity contribution in [1.82, 2.24) is 14.7 Å². The molecular formula is C18H28N5O5+. The molecular weight excluding hydrogens is 366 g/mol. The van der Waals surface area contributed by atoms with E-state index in [9.17, 15) is 14.4 Å². The van der Waals surface area contributed by atoms with E-state index in [-0.39, 0.29) is 25.4 Å². The summed E-state index contributed by atoms with van der Waals surface area (Å²) in [6.07, 6.45) is 0.160. The highest BCUT2D eigenvalue weighted by Gasteiger charge is 2.53. The topological polar surface area (TPSA) is 94.8 Å². The Hall–Kier alpha value is -2.33. The molecule has 10 nitrogen and oxygen atoms in total. The number of urea groups is 1. The quantitative estimate of drug-likeness (QED) is 0.455. The summed E-state index contributed by atoms with van der Waals surface area (Å²) in [6.45, 7) is 7.80. The Morgan fingerprint density at radius 3 is 2.46 bits per heavy atom. The van der Waals surface area contributed by atoms with Crippen molar-refractivity contribution in [3.05, 3.63) is 0 Å². The van der Waals surface area contributed by atoms with Gasteiger partial charge in [-0.15, -0.1) is 0 Å². The van der Waals surface area contributed by atoms with Crippen molar-refractivity contribution in [1.29, 1.82) is 0 Å². The number of ether oxygens (including phenoxy) is 2. The molecule has 10 heteroatoms. The van der Waals surface area contributed by atoms with Crippen molar-refractivity contribution in [2.75, 3.05) is 46.9 Å². The SMILES string of the molecule is CCOC(=O)C[N+]1=C(CN2CC(C)OC(C)C2)N=C2C1C(=O)N(C)C(=O)N2C. The maximum Gasteiger partial charge on any atom is 0.348 e. The number of fused-ring (bicyclic) bond motifs is 1. The van der Waals surface area contributed by atoms with E-state index >= 15 is 0 Å². The van der Waals surface area contributed by atoms with Crippen LogP contribution < -0.4 is 0 Å². The molecule has 0 saturated carbocycles. The van der Waals surface area contributed by atoms with Gasteiger partial charge in [0.05, 0.1) is 18.8 Å². The molecule has 2 saturated heterocycles. The highest BCUT2D eigenvalue weighted by atomic mass is 16.5. The van der Waals surface area contributed by atoms with Crippen molar-refractivity contribution in [3.63, 3.8) is 0 Å². The zero-order valence-corrected chi connectivity index (χ0v) is 17.0. The zero-order valence-electron chi connectivity index (χ0n) is 17.0. The molecule has 0 aromatic carbocycles. The van der Waals surface area contributed by atoms with Crippen LogP contribution in [0, 0.1) is 0 Å². The van der Waals surface area contributed by atoms with Gasteiger partial charge in [-0.1, -0.05) is 0 Å². The van der Waals surface area contributed by atoms with E-state index in [0.717, 1.165) is 18.0 Å². The number of morpholine rings is 1. The molecule has 3 rings (SSSR count). The summed E-state index contributed by atoms with van der Waals surface area (Å²) in [4.78, 5) is 46.5. The maximum absolute atomic E-state index is 12.8. The summed E-state index contributed by atoms with van der Waals surface area (Å²) in [7, 11) is 3.02. The Morgan fingerprint density at radius 2 is 1.86 bits per heavy atom. The predicted octanol–water partition coefficient (Wildman–Crippen LogP) is -0.626.